The van der Waals surface area contributed by atoms with Gasteiger partial charge in [-0.3, -0.25) is 4.79 Å². The Morgan fingerprint density at radius 1 is 1.47 bits per heavy atom. The molecule has 0 saturated carbocycles. The number of rotatable bonds is 5. The second kappa shape index (κ2) is 6.43. The van der Waals surface area contributed by atoms with Gasteiger partial charge in [-0.05, 0) is 40.9 Å². The van der Waals surface area contributed by atoms with Gasteiger partial charge in [-0.2, -0.15) is 0 Å². The Labute approximate surface area is 125 Å². The van der Waals surface area contributed by atoms with Crippen LogP contribution >= 0.6 is 28.1 Å². The lowest BCUT2D eigenvalue weighted by Gasteiger charge is -2.29. The van der Waals surface area contributed by atoms with Crippen molar-refractivity contribution in [2.24, 2.45) is 11.1 Å². The molecule has 0 aliphatic rings. The number of nitrogens with two attached hydrogens (primary N) is 1. The predicted octanol–water partition coefficient (Wildman–Crippen LogP) is 3.62. The van der Waals surface area contributed by atoms with Crippen LogP contribution in [0.25, 0.3) is 0 Å². The highest BCUT2D eigenvalue weighted by molar-refractivity contribution is 9.10. The normalized spacial score (nSPS) is 11.2. The van der Waals surface area contributed by atoms with Gasteiger partial charge in [0.05, 0.1) is 16.1 Å². The summed E-state index contributed by atoms with van der Waals surface area (Å²) < 4.78 is 14.2. The highest BCUT2D eigenvalue weighted by Gasteiger charge is 2.38. The third-order valence-electron chi connectivity index (χ3n) is 3.31. The van der Waals surface area contributed by atoms with Gasteiger partial charge in [-0.15, -0.1) is 0 Å². The van der Waals surface area contributed by atoms with Crippen LogP contribution < -0.4 is 11.1 Å². The summed E-state index contributed by atoms with van der Waals surface area (Å²) in [6, 6.07) is 4.48. The van der Waals surface area contributed by atoms with E-state index in [4.69, 9.17) is 18.0 Å². The number of amides is 1. The number of nitrogens with one attached hydrogen (secondary N) is 1. The van der Waals surface area contributed by atoms with Gasteiger partial charge < -0.3 is 11.1 Å². The molecule has 0 aliphatic carbocycles. The standard InChI is InChI=1S/C13H16BrFN2OS/c1-3-13(4-2,11(16)19)12(18)17-10-8(14)6-5-7-9(10)15/h5-7H,3-4H2,1-2H3,(H2,16,19)(H,17,18). The van der Waals surface area contributed by atoms with Gasteiger partial charge in [0.2, 0.25) is 5.91 Å². The number of thiocarbonyl (C=S) groups is 1. The first kappa shape index (κ1) is 16.0. The van der Waals surface area contributed by atoms with Crippen LogP contribution in [-0.2, 0) is 4.79 Å². The number of anilines is 1. The van der Waals surface area contributed by atoms with E-state index < -0.39 is 11.2 Å². The molecule has 6 heteroatoms. The fraction of sp³-hybridized carbons (Fsp3) is 0.385. The van der Waals surface area contributed by atoms with Crippen molar-refractivity contribution in [2.45, 2.75) is 26.7 Å². The molecule has 0 spiro atoms. The Morgan fingerprint density at radius 3 is 2.47 bits per heavy atom. The van der Waals surface area contributed by atoms with Crippen LogP contribution in [0.5, 0.6) is 0 Å². The van der Waals surface area contributed by atoms with E-state index in [2.05, 4.69) is 21.2 Å². The average Bonchev–Trinajstić information content (AvgIpc) is 2.36. The lowest BCUT2D eigenvalue weighted by atomic mass is 9.81. The number of benzene rings is 1. The first-order valence-corrected chi connectivity index (χ1v) is 7.14. The highest BCUT2D eigenvalue weighted by Crippen LogP contribution is 2.31. The molecule has 1 rings (SSSR count). The van der Waals surface area contributed by atoms with Crippen LogP contribution in [0, 0.1) is 11.2 Å². The van der Waals surface area contributed by atoms with Crippen molar-refractivity contribution in [1.29, 1.82) is 0 Å². The summed E-state index contributed by atoms with van der Waals surface area (Å²) in [5.74, 6) is -0.887. The molecule has 0 heterocycles. The molecule has 0 unspecified atom stereocenters. The third kappa shape index (κ3) is 3.12. The number of carbonyl (C=O) groups is 1. The second-order valence-electron chi connectivity index (χ2n) is 4.20. The van der Waals surface area contributed by atoms with Gasteiger partial charge in [0, 0.05) is 4.47 Å². The summed E-state index contributed by atoms with van der Waals surface area (Å²) in [5.41, 5.74) is 4.85. The lowest BCUT2D eigenvalue weighted by Crippen LogP contribution is -2.45. The Bertz CT molecular complexity index is 483. The predicted molar refractivity (Wildman–Crippen MR) is 82.5 cm³/mol. The number of carbonyl (C=O) groups excluding carboxylic acids is 1. The monoisotopic (exact) mass is 346 g/mol. The molecule has 0 radical (unpaired) electrons. The third-order valence-corrected chi connectivity index (χ3v) is 4.37. The van der Waals surface area contributed by atoms with E-state index in [1.54, 1.807) is 12.1 Å². The molecule has 0 fully saturated rings. The quantitative estimate of drug-likeness (QED) is 0.800. The summed E-state index contributed by atoms with van der Waals surface area (Å²) in [7, 11) is 0. The fourth-order valence-corrected chi connectivity index (χ4v) is 2.70. The molecule has 0 saturated heterocycles. The average molecular weight is 347 g/mol. The second-order valence-corrected chi connectivity index (χ2v) is 5.50. The molecule has 0 aliphatic heterocycles. The minimum absolute atomic E-state index is 0.107. The fourth-order valence-electron chi connectivity index (χ4n) is 1.88. The first-order chi connectivity index (χ1) is 8.89. The van der Waals surface area contributed by atoms with Crippen molar-refractivity contribution < 1.29 is 9.18 Å². The summed E-state index contributed by atoms with van der Waals surface area (Å²) in [5, 5.41) is 2.57. The summed E-state index contributed by atoms with van der Waals surface area (Å²) >= 11 is 8.20. The highest BCUT2D eigenvalue weighted by atomic mass is 79.9. The van der Waals surface area contributed by atoms with Crippen molar-refractivity contribution in [1.82, 2.24) is 0 Å². The molecule has 3 nitrogen and oxygen atoms in total. The Balaban J connectivity index is 3.11. The number of hydrogen-bond acceptors (Lipinski definition) is 2. The van der Waals surface area contributed by atoms with Gasteiger partial charge in [0.1, 0.15) is 5.82 Å². The maximum atomic E-state index is 13.7. The first-order valence-electron chi connectivity index (χ1n) is 5.94. The van der Waals surface area contributed by atoms with Gasteiger partial charge in [0.25, 0.3) is 0 Å². The van der Waals surface area contributed by atoms with Crippen LogP contribution in [0.15, 0.2) is 22.7 Å². The van der Waals surface area contributed by atoms with E-state index in [0.29, 0.717) is 17.3 Å². The summed E-state index contributed by atoms with van der Waals surface area (Å²) in [6.07, 6.45) is 0.938. The van der Waals surface area contributed by atoms with Crippen molar-refractivity contribution in [3.05, 3.63) is 28.5 Å². The van der Waals surface area contributed by atoms with Crippen molar-refractivity contribution in [2.75, 3.05) is 5.32 Å². The Morgan fingerprint density at radius 2 is 2.05 bits per heavy atom. The molecule has 1 aromatic rings. The molecular weight excluding hydrogens is 331 g/mol. The maximum Gasteiger partial charge on any atom is 0.237 e. The minimum atomic E-state index is -0.947. The van der Waals surface area contributed by atoms with Crippen LogP contribution in [0.2, 0.25) is 0 Å². The molecule has 3 N–H and O–H groups in total. The van der Waals surface area contributed by atoms with Crippen molar-refractivity contribution in [3.63, 3.8) is 0 Å². The maximum absolute atomic E-state index is 13.7. The molecule has 0 bridgehead atoms. The van der Waals surface area contributed by atoms with Crippen molar-refractivity contribution >= 4 is 44.7 Å². The summed E-state index contributed by atoms with van der Waals surface area (Å²) in [4.78, 5) is 12.5. The summed E-state index contributed by atoms with van der Waals surface area (Å²) in [6.45, 7) is 3.66. The molecule has 1 amide bonds. The van der Waals surface area contributed by atoms with Crippen molar-refractivity contribution in [3.8, 4) is 0 Å². The molecule has 19 heavy (non-hydrogen) atoms. The van der Waals surface area contributed by atoms with Gasteiger partial charge in [0.15, 0.2) is 0 Å². The lowest BCUT2D eigenvalue weighted by molar-refractivity contribution is -0.122. The Kier molecular flexibility index (Phi) is 5.43. The Hall–Kier alpha value is -1.01. The van der Waals surface area contributed by atoms with E-state index in [1.807, 2.05) is 13.8 Å². The van der Waals surface area contributed by atoms with Crippen LogP contribution in [0.1, 0.15) is 26.7 Å². The van der Waals surface area contributed by atoms with Crippen LogP contribution in [-0.4, -0.2) is 10.9 Å². The molecule has 0 aromatic heterocycles. The zero-order valence-electron chi connectivity index (χ0n) is 10.8. The van der Waals surface area contributed by atoms with E-state index in [1.165, 1.54) is 6.07 Å². The molecular formula is C13H16BrFN2OS. The molecule has 1 aromatic carbocycles. The molecule has 0 atom stereocenters. The van der Waals surface area contributed by atoms with Gasteiger partial charge in [-0.25, -0.2) is 4.39 Å². The van der Waals surface area contributed by atoms with Crippen LogP contribution in [0.4, 0.5) is 10.1 Å². The van der Waals surface area contributed by atoms with E-state index in [9.17, 15) is 9.18 Å². The van der Waals surface area contributed by atoms with Crippen LogP contribution in [0.3, 0.4) is 0 Å². The topological polar surface area (TPSA) is 55.1 Å². The molecule has 104 valence electrons. The zero-order chi connectivity index (χ0) is 14.6. The number of halogens is 2. The SMILES string of the molecule is CCC(CC)(C(=O)Nc1c(F)cccc1Br)C(N)=S. The smallest absolute Gasteiger partial charge is 0.237 e. The minimum Gasteiger partial charge on any atom is -0.392 e. The van der Waals surface area contributed by atoms with E-state index >= 15 is 0 Å². The van der Waals surface area contributed by atoms with Gasteiger partial charge >= 0.3 is 0 Å². The number of hydrogen-bond donors (Lipinski definition) is 2. The van der Waals surface area contributed by atoms with Gasteiger partial charge in [-0.1, -0.05) is 32.1 Å². The zero-order valence-corrected chi connectivity index (χ0v) is 13.2. The van der Waals surface area contributed by atoms with E-state index in [0.717, 1.165) is 0 Å². The van der Waals surface area contributed by atoms with E-state index in [-0.39, 0.29) is 16.6 Å². The largest absolute Gasteiger partial charge is 0.392 e. The number of para-hydroxylation sites is 1.